The maximum absolute atomic E-state index is 16.2. The van der Waals surface area contributed by atoms with E-state index in [1.165, 1.54) is 18.1 Å². The van der Waals surface area contributed by atoms with Crippen molar-refractivity contribution in [3.8, 4) is 11.6 Å². The van der Waals surface area contributed by atoms with Gasteiger partial charge in [0, 0.05) is 12.0 Å². The molecule has 13 heteroatoms. The van der Waals surface area contributed by atoms with Crippen molar-refractivity contribution in [2.45, 2.75) is 97.4 Å². The molecular weight excluding hydrogens is 650 g/mol. The maximum Gasteiger partial charge on any atom is 0.408 e. The van der Waals surface area contributed by atoms with E-state index in [1.54, 1.807) is 25.1 Å². The fourth-order valence-electron chi connectivity index (χ4n) is 7.65. The molecule has 4 aliphatic rings. The molecule has 0 radical (unpaired) electrons. The third-order valence-electron chi connectivity index (χ3n) is 10.5. The van der Waals surface area contributed by atoms with Gasteiger partial charge in [0.15, 0.2) is 5.69 Å². The average molecular weight is 699 g/mol. The highest BCUT2D eigenvalue weighted by atomic mass is 19.3. The number of allylic oxidation sites excluding steroid dienone is 2. The Morgan fingerprint density at radius 2 is 1.86 bits per heavy atom. The highest BCUT2D eigenvalue weighted by molar-refractivity contribution is 5.91. The standard InChI is InChI=1S/C37H48F2N4O7/c1-19(2)18-48-34(45)29-20(3)28-17-43(29)33(44)31(36(4,5)6)42-35(46)50-27-15-21-14-24(21)23(27)10-8-9-13-37(38,39)30-32(49-28)41-26-16-22(47-7)11-12-25(26)40-30/h9,11-13,16,19-21,23-24,27-29,31H,8,10,14-15,17-18H2,1-7H3,(H,42,46)/b13-9+/t20-,21?,23-,24+,27-,28+,29+,31-/m1/s1. The van der Waals surface area contributed by atoms with E-state index in [1.807, 2.05) is 34.6 Å². The van der Waals surface area contributed by atoms with Crippen molar-refractivity contribution in [3.63, 3.8) is 0 Å². The monoisotopic (exact) mass is 698 g/mol. The highest BCUT2D eigenvalue weighted by Crippen LogP contribution is 2.57. The van der Waals surface area contributed by atoms with E-state index in [0.717, 1.165) is 12.5 Å². The second-order valence-electron chi connectivity index (χ2n) is 15.8. The molecule has 1 aromatic heterocycles. The van der Waals surface area contributed by atoms with E-state index in [9.17, 15) is 14.4 Å². The molecule has 3 heterocycles. The number of alkyl halides is 2. The normalized spacial score (nSPS) is 31.7. The van der Waals surface area contributed by atoms with Gasteiger partial charge in [-0.3, -0.25) is 4.79 Å². The van der Waals surface area contributed by atoms with Crippen LogP contribution in [0, 0.1) is 35.0 Å². The molecule has 8 atom stereocenters. The minimum Gasteiger partial charge on any atom is -0.497 e. The van der Waals surface area contributed by atoms with Crippen molar-refractivity contribution in [1.82, 2.24) is 20.2 Å². The zero-order chi connectivity index (χ0) is 36.1. The molecule has 2 aliphatic carbocycles. The first-order chi connectivity index (χ1) is 23.6. The summed E-state index contributed by atoms with van der Waals surface area (Å²) < 4.78 is 55.5. The number of aromatic nitrogens is 2. The summed E-state index contributed by atoms with van der Waals surface area (Å²) in [5.41, 5.74) is -0.957. The lowest BCUT2D eigenvalue weighted by Gasteiger charge is -2.35. The van der Waals surface area contributed by atoms with Gasteiger partial charge in [0.2, 0.25) is 11.8 Å². The number of amides is 2. The summed E-state index contributed by atoms with van der Waals surface area (Å²) in [6.07, 6.45) is 2.82. The topological polar surface area (TPSA) is 129 Å². The number of methoxy groups -OCH3 is 1. The quantitative estimate of drug-likeness (QED) is 0.300. The Balaban J connectivity index is 1.44. The number of hydrogen-bond acceptors (Lipinski definition) is 9. The van der Waals surface area contributed by atoms with Crippen LogP contribution in [-0.2, 0) is 25.0 Å². The van der Waals surface area contributed by atoms with Crippen molar-refractivity contribution < 1.29 is 42.1 Å². The van der Waals surface area contributed by atoms with E-state index in [4.69, 9.17) is 18.9 Å². The molecule has 1 aromatic carbocycles. The number of halogens is 2. The van der Waals surface area contributed by atoms with Crippen molar-refractivity contribution >= 4 is 29.0 Å². The summed E-state index contributed by atoms with van der Waals surface area (Å²) >= 11 is 0. The summed E-state index contributed by atoms with van der Waals surface area (Å²) in [6.45, 7) is 10.9. The predicted molar refractivity (Wildman–Crippen MR) is 180 cm³/mol. The van der Waals surface area contributed by atoms with Crippen LogP contribution in [0.3, 0.4) is 0 Å². The van der Waals surface area contributed by atoms with E-state index >= 15 is 8.78 Å². The first-order valence-corrected chi connectivity index (χ1v) is 17.6. The molecule has 2 aliphatic heterocycles. The van der Waals surface area contributed by atoms with Gasteiger partial charge in [-0.05, 0) is 73.0 Å². The lowest BCUT2D eigenvalue weighted by atomic mass is 9.85. The first kappa shape index (κ1) is 35.8. The van der Waals surface area contributed by atoms with Gasteiger partial charge in [0.25, 0.3) is 0 Å². The number of carbonyl (C=O) groups is 3. The van der Waals surface area contributed by atoms with Gasteiger partial charge in [-0.2, -0.15) is 8.78 Å². The summed E-state index contributed by atoms with van der Waals surface area (Å²) in [5.74, 6) is -4.56. The van der Waals surface area contributed by atoms with Crippen molar-refractivity contribution in [1.29, 1.82) is 0 Å². The van der Waals surface area contributed by atoms with Crippen molar-refractivity contribution in [3.05, 3.63) is 36.0 Å². The number of esters is 1. The summed E-state index contributed by atoms with van der Waals surface area (Å²) in [6, 6.07) is 2.54. The Labute approximate surface area is 291 Å². The second-order valence-corrected chi connectivity index (χ2v) is 15.8. The van der Waals surface area contributed by atoms with Crippen LogP contribution in [-0.4, -0.2) is 77.4 Å². The van der Waals surface area contributed by atoms with Gasteiger partial charge in [-0.15, -0.1) is 0 Å². The molecule has 2 bridgehead atoms. The van der Waals surface area contributed by atoms with Gasteiger partial charge >= 0.3 is 18.0 Å². The van der Waals surface area contributed by atoms with Crippen LogP contribution in [0.4, 0.5) is 13.6 Å². The summed E-state index contributed by atoms with van der Waals surface area (Å²) in [5, 5.41) is 2.83. The number of carbonyl (C=O) groups excluding carboxylic acids is 3. The maximum atomic E-state index is 16.2. The molecule has 2 amide bonds. The summed E-state index contributed by atoms with van der Waals surface area (Å²) in [7, 11) is 1.49. The minimum atomic E-state index is -3.57. The minimum absolute atomic E-state index is 0.0151. The largest absolute Gasteiger partial charge is 0.497 e. The van der Waals surface area contributed by atoms with E-state index in [2.05, 4.69) is 15.3 Å². The van der Waals surface area contributed by atoms with Gasteiger partial charge in [0.1, 0.15) is 30.0 Å². The average Bonchev–Trinajstić information content (AvgIpc) is 3.62. The van der Waals surface area contributed by atoms with E-state index in [0.29, 0.717) is 36.8 Å². The van der Waals surface area contributed by atoms with Crippen LogP contribution < -0.4 is 14.8 Å². The molecule has 1 N–H and O–H groups in total. The number of fused-ring (bicyclic) bond motifs is 7. The first-order valence-electron chi connectivity index (χ1n) is 17.6. The smallest absolute Gasteiger partial charge is 0.408 e. The molecule has 3 fully saturated rings. The fourth-order valence-corrected chi connectivity index (χ4v) is 7.65. The molecule has 272 valence electrons. The van der Waals surface area contributed by atoms with Crippen LogP contribution in [0.25, 0.3) is 11.0 Å². The Morgan fingerprint density at radius 1 is 1.10 bits per heavy atom. The number of nitrogens with one attached hydrogen (secondary N) is 1. The number of alkyl carbamates (subject to hydrolysis) is 1. The Morgan fingerprint density at radius 3 is 2.56 bits per heavy atom. The predicted octanol–water partition coefficient (Wildman–Crippen LogP) is 6.04. The Hall–Kier alpha value is -4.03. The lowest BCUT2D eigenvalue weighted by Crippen LogP contribution is -2.57. The number of rotatable bonds is 4. The van der Waals surface area contributed by atoms with Gasteiger partial charge < -0.3 is 29.2 Å². The second kappa shape index (κ2) is 13.6. The van der Waals surface area contributed by atoms with Gasteiger partial charge in [-0.25, -0.2) is 19.6 Å². The van der Waals surface area contributed by atoms with Gasteiger partial charge in [0.05, 0.1) is 31.3 Å². The Kier molecular flexibility index (Phi) is 9.73. The molecule has 2 saturated carbocycles. The number of nitrogens with zero attached hydrogens (tertiary/aromatic N) is 3. The van der Waals surface area contributed by atoms with Crippen molar-refractivity contribution in [2.75, 3.05) is 20.3 Å². The Bertz CT molecular complexity index is 1660. The number of hydrogen-bond donors (Lipinski definition) is 1. The molecular formula is C37H48F2N4O7. The number of benzene rings is 1. The molecule has 50 heavy (non-hydrogen) atoms. The van der Waals surface area contributed by atoms with E-state index < -0.39 is 65.0 Å². The van der Waals surface area contributed by atoms with Crippen molar-refractivity contribution in [2.24, 2.45) is 35.0 Å². The van der Waals surface area contributed by atoms with Crippen LogP contribution in [0.1, 0.15) is 72.9 Å². The lowest BCUT2D eigenvalue weighted by molar-refractivity contribution is -0.156. The van der Waals surface area contributed by atoms with Crippen LogP contribution in [0.2, 0.25) is 0 Å². The zero-order valence-corrected chi connectivity index (χ0v) is 29.8. The van der Waals surface area contributed by atoms with Crippen LogP contribution in [0.15, 0.2) is 30.4 Å². The van der Waals surface area contributed by atoms with Crippen LogP contribution in [0.5, 0.6) is 11.6 Å². The molecule has 11 nitrogen and oxygen atoms in total. The summed E-state index contributed by atoms with van der Waals surface area (Å²) in [4.78, 5) is 51.8. The molecule has 6 rings (SSSR count). The zero-order valence-electron chi connectivity index (χ0n) is 29.8. The SMILES string of the molecule is COc1ccc2nc3c(nc2c1)O[C@H]1CN(C(=O)[C@H](C(C)(C)C)NC(=O)O[C@@H]2CC4C[C@@H]4[C@H]2CC/C=C/C3(F)F)[C@H](C(=O)OCC(C)C)[C@@H]1C. The highest BCUT2D eigenvalue weighted by Gasteiger charge is 2.55. The van der Waals surface area contributed by atoms with Crippen LogP contribution >= 0.6 is 0 Å². The van der Waals surface area contributed by atoms with E-state index in [-0.39, 0.29) is 42.1 Å². The molecule has 1 unspecified atom stereocenters. The molecule has 1 saturated heterocycles. The molecule has 2 aromatic rings. The fraction of sp³-hybridized carbons (Fsp3) is 0.649. The van der Waals surface area contributed by atoms with Gasteiger partial charge in [-0.1, -0.05) is 47.6 Å². The number of ether oxygens (including phenoxy) is 4. The third-order valence-corrected chi connectivity index (χ3v) is 10.5. The molecule has 0 spiro atoms. The third kappa shape index (κ3) is 7.23.